The molecule has 0 aromatic heterocycles. The van der Waals surface area contributed by atoms with E-state index < -0.39 is 5.92 Å². The highest BCUT2D eigenvalue weighted by molar-refractivity contribution is 6.00. The second-order valence-corrected chi connectivity index (χ2v) is 8.79. The lowest BCUT2D eigenvalue weighted by atomic mass is 9.92. The lowest BCUT2D eigenvalue weighted by molar-refractivity contribution is -0.129. The fraction of sp³-hybridized carbons (Fsp3) is 0.423. The number of ether oxygens (including phenoxy) is 1. The van der Waals surface area contributed by atoms with Gasteiger partial charge in [0.25, 0.3) is 5.91 Å². The summed E-state index contributed by atoms with van der Waals surface area (Å²) in [6.45, 7) is 2.70. The van der Waals surface area contributed by atoms with Crippen molar-refractivity contribution in [3.05, 3.63) is 59.7 Å². The van der Waals surface area contributed by atoms with E-state index >= 15 is 0 Å². The topological polar surface area (TPSA) is 87.7 Å². The summed E-state index contributed by atoms with van der Waals surface area (Å²) in [6.07, 6.45) is 4.03. The smallest absolute Gasteiger partial charge is 0.251 e. The third-order valence-electron chi connectivity index (χ3n) is 6.28. The maximum Gasteiger partial charge on any atom is 0.251 e. The molecule has 2 N–H and O–H groups in total. The average molecular weight is 450 g/mol. The minimum atomic E-state index is -0.522. The first kappa shape index (κ1) is 22.8. The Labute approximate surface area is 194 Å². The van der Waals surface area contributed by atoms with Crippen LogP contribution in [0.15, 0.2) is 48.5 Å². The van der Waals surface area contributed by atoms with E-state index in [1.165, 1.54) is 0 Å². The number of hydrogen-bond donors (Lipinski definition) is 2. The van der Waals surface area contributed by atoms with E-state index in [1.54, 1.807) is 31.4 Å². The molecule has 7 heteroatoms. The highest BCUT2D eigenvalue weighted by Gasteiger charge is 2.44. The van der Waals surface area contributed by atoms with E-state index in [-0.39, 0.29) is 36.2 Å². The van der Waals surface area contributed by atoms with E-state index in [0.717, 1.165) is 37.0 Å². The maximum absolute atomic E-state index is 13.3. The molecule has 1 heterocycles. The van der Waals surface area contributed by atoms with Crippen LogP contribution in [0.2, 0.25) is 0 Å². The molecule has 0 radical (unpaired) electrons. The van der Waals surface area contributed by atoms with Gasteiger partial charge in [-0.3, -0.25) is 14.4 Å². The average Bonchev–Trinajstić information content (AvgIpc) is 3.58. The molecule has 1 aliphatic carbocycles. The van der Waals surface area contributed by atoms with Gasteiger partial charge in [0.1, 0.15) is 5.75 Å². The van der Waals surface area contributed by atoms with Crippen molar-refractivity contribution in [1.82, 2.24) is 10.2 Å². The van der Waals surface area contributed by atoms with Gasteiger partial charge in [-0.25, -0.2) is 0 Å². The molecule has 1 saturated heterocycles. The Kier molecular flexibility index (Phi) is 6.96. The number of carbonyl (C=O) groups excluding carboxylic acids is 3. The summed E-state index contributed by atoms with van der Waals surface area (Å²) >= 11 is 0. The van der Waals surface area contributed by atoms with Crippen LogP contribution in [0.25, 0.3) is 0 Å². The quantitative estimate of drug-likeness (QED) is 0.608. The third-order valence-corrected chi connectivity index (χ3v) is 6.28. The molecule has 3 amide bonds. The molecule has 2 unspecified atom stereocenters. The second kappa shape index (κ2) is 10.1. The number of unbranched alkanes of at least 4 members (excludes halogenated alkanes) is 1. The highest BCUT2D eigenvalue weighted by atomic mass is 16.5. The molecule has 4 rings (SSSR count). The molecule has 7 nitrogen and oxygen atoms in total. The van der Waals surface area contributed by atoms with Crippen LogP contribution in [0.1, 0.15) is 61.0 Å². The van der Waals surface area contributed by atoms with E-state index in [4.69, 9.17) is 4.74 Å². The molecular formula is C26H31N3O4. The number of methoxy groups -OCH3 is 1. The maximum atomic E-state index is 13.3. The lowest BCUT2D eigenvalue weighted by Crippen LogP contribution is -2.33. The lowest BCUT2D eigenvalue weighted by Gasteiger charge is -2.28. The molecule has 0 spiro atoms. The zero-order valence-electron chi connectivity index (χ0n) is 19.2. The first-order valence-corrected chi connectivity index (χ1v) is 11.7. The van der Waals surface area contributed by atoms with Gasteiger partial charge in [-0.05, 0) is 55.2 Å². The molecule has 2 atom stereocenters. The SMILES string of the molecule is CCCCN1C(=O)CC(C(=O)Nc2cccc(C(=O)NC3CC3)c2)C1c1ccc(OC)cc1. The number of benzene rings is 2. The molecular weight excluding hydrogens is 418 g/mol. The summed E-state index contributed by atoms with van der Waals surface area (Å²) in [4.78, 5) is 40.4. The van der Waals surface area contributed by atoms with Gasteiger partial charge in [-0.2, -0.15) is 0 Å². The van der Waals surface area contributed by atoms with Gasteiger partial charge in [0, 0.05) is 30.3 Å². The summed E-state index contributed by atoms with van der Waals surface area (Å²) < 4.78 is 5.26. The first-order valence-electron chi connectivity index (χ1n) is 11.7. The Balaban J connectivity index is 1.54. The Morgan fingerprint density at radius 3 is 2.55 bits per heavy atom. The van der Waals surface area contributed by atoms with Crippen LogP contribution in [0.3, 0.4) is 0 Å². The van der Waals surface area contributed by atoms with Crippen LogP contribution in [0.5, 0.6) is 5.75 Å². The molecule has 1 saturated carbocycles. The summed E-state index contributed by atoms with van der Waals surface area (Å²) in [5.74, 6) is -0.159. The number of likely N-dealkylation sites (tertiary alicyclic amines) is 1. The summed E-state index contributed by atoms with van der Waals surface area (Å²) in [6, 6.07) is 14.4. The molecule has 33 heavy (non-hydrogen) atoms. The summed E-state index contributed by atoms with van der Waals surface area (Å²) in [7, 11) is 1.61. The summed E-state index contributed by atoms with van der Waals surface area (Å²) in [5.41, 5.74) is 1.98. The van der Waals surface area contributed by atoms with Crippen molar-refractivity contribution in [3.63, 3.8) is 0 Å². The van der Waals surface area contributed by atoms with Crippen molar-refractivity contribution in [2.24, 2.45) is 5.92 Å². The van der Waals surface area contributed by atoms with Gasteiger partial charge in [0.05, 0.1) is 19.1 Å². The van der Waals surface area contributed by atoms with Crippen LogP contribution in [0, 0.1) is 5.92 Å². The number of rotatable bonds is 9. The number of anilines is 1. The molecule has 174 valence electrons. The molecule has 0 bridgehead atoms. The van der Waals surface area contributed by atoms with Gasteiger partial charge in [-0.1, -0.05) is 31.5 Å². The van der Waals surface area contributed by atoms with E-state index in [0.29, 0.717) is 17.8 Å². The van der Waals surface area contributed by atoms with Gasteiger partial charge in [0.2, 0.25) is 11.8 Å². The van der Waals surface area contributed by atoms with Crippen LogP contribution in [0.4, 0.5) is 5.69 Å². The van der Waals surface area contributed by atoms with Crippen molar-refractivity contribution in [1.29, 1.82) is 0 Å². The number of hydrogen-bond acceptors (Lipinski definition) is 4. The number of carbonyl (C=O) groups is 3. The van der Waals surface area contributed by atoms with Crippen molar-refractivity contribution in [2.75, 3.05) is 19.0 Å². The van der Waals surface area contributed by atoms with Gasteiger partial charge >= 0.3 is 0 Å². The zero-order chi connectivity index (χ0) is 23.4. The van der Waals surface area contributed by atoms with E-state index in [1.807, 2.05) is 29.2 Å². The third kappa shape index (κ3) is 5.35. The van der Waals surface area contributed by atoms with Crippen molar-refractivity contribution >= 4 is 23.4 Å². The number of nitrogens with one attached hydrogen (secondary N) is 2. The van der Waals surface area contributed by atoms with Crippen molar-refractivity contribution < 1.29 is 19.1 Å². The number of amides is 3. The fourth-order valence-electron chi connectivity index (χ4n) is 4.30. The predicted molar refractivity (Wildman–Crippen MR) is 126 cm³/mol. The number of nitrogens with zero attached hydrogens (tertiary/aromatic N) is 1. The molecule has 2 aromatic carbocycles. The summed E-state index contributed by atoms with van der Waals surface area (Å²) in [5, 5.41) is 5.91. The fourth-order valence-corrected chi connectivity index (χ4v) is 4.30. The Morgan fingerprint density at radius 2 is 1.88 bits per heavy atom. The molecule has 1 aliphatic heterocycles. The van der Waals surface area contributed by atoms with E-state index in [9.17, 15) is 14.4 Å². The minimum absolute atomic E-state index is 0.0121. The standard InChI is InChI=1S/C26H31N3O4/c1-3-4-14-29-23(30)16-22(24(29)17-8-12-21(33-2)13-9-17)26(32)28-20-7-5-6-18(15-20)25(31)27-19-10-11-19/h5-9,12-13,15,19,22,24H,3-4,10-11,14,16H2,1-2H3,(H,27,31)(H,28,32). The van der Waals surface area contributed by atoms with Crippen LogP contribution in [-0.2, 0) is 9.59 Å². The molecule has 2 aliphatic rings. The van der Waals surface area contributed by atoms with Crippen molar-refractivity contribution in [3.8, 4) is 5.75 Å². The predicted octanol–water partition coefficient (Wildman–Crippen LogP) is 3.92. The van der Waals surface area contributed by atoms with Gasteiger partial charge in [0.15, 0.2) is 0 Å². The van der Waals surface area contributed by atoms with Crippen molar-refractivity contribution in [2.45, 2.75) is 51.1 Å². The molecule has 2 fully saturated rings. The normalized spacial score (nSPS) is 19.9. The monoisotopic (exact) mass is 449 g/mol. The first-order chi connectivity index (χ1) is 16.0. The largest absolute Gasteiger partial charge is 0.497 e. The Hall–Kier alpha value is -3.35. The Bertz CT molecular complexity index is 1020. The van der Waals surface area contributed by atoms with Crippen LogP contribution >= 0.6 is 0 Å². The van der Waals surface area contributed by atoms with Gasteiger partial charge in [-0.15, -0.1) is 0 Å². The van der Waals surface area contributed by atoms with Gasteiger partial charge < -0.3 is 20.3 Å². The highest BCUT2D eigenvalue weighted by Crippen LogP contribution is 2.39. The Morgan fingerprint density at radius 1 is 1.12 bits per heavy atom. The van der Waals surface area contributed by atoms with Crippen LogP contribution < -0.4 is 15.4 Å². The minimum Gasteiger partial charge on any atom is -0.497 e. The molecule has 2 aromatic rings. The van der Waals surface area contributed by atoms with E-state index in [2.05, 4.69) is 17.6 Å². The second-order valence-electron chi connectivity index (χ2n) is 8.79. The zero-order valence-corrected chi connectivity index (χ0v) is 19.2. The van der Waals surface area contributed by atoms with Crippen LogP contribution in [-0.4, -0.2) is 42.3 Å².